The molecule has 4 fully saturated rings. The summed E-state index contributed by atoms with van der Waals surface area (Å²) in [6, 6.07) is 0. The molecule has 4 aliphatic carbocycles. The second-order valence-corrected chi connectivity index (χ2v) is 16.2. The van der Waals surface area contributed by atoms with Crippen LogP contribution in [0.4, 0.5) is 0 Å². The molecule has 0 aromatic carbocycles. The summed E-state index contributed by atoms with van der Waals surface area (Å²) in [7, 11) is 0. The van der Waals surface area contributed by atoms with E-state index in [1.54, 1.807) is 6.92 Å². The molecule has 0 aromatic rings. The van der Waals surface area contributed by atoms with Gasteiger partial charge in [-0.1, -0.05) is 46.8 Å². The first-order valence-corrected chi connectivity index (χ1v) is 16.3. The maximum absolute atomic E-state index is 12.6. The number of carbonyl (C=O) groups is 3. The first-order valence-electron chi connectivity index (χ1n) is 16.3. The third kappa shape index (κ3) is 5.69. The van der Waals surface area contributed by atoms with Crippen molar-refractivity contribution in [2.24, 2.45) is 45.3 Å². The number of aliphatic carboxylic acids is 1. The van der Waals surface area contributed by atoms with Crippen LogP contribution in [0.25, 0.3) is 0 Å². The fourth-order valence-electron chi connectivity index (χ4n) is 11.1. The van der Waals surface area contributed by atoms with E-state index in [9.17, 15) is 24.6 Å². The molecule has 0 heterocycles. The topological polar surface area (TPSA) is 130 Å². The third-order valence-corrected chi connectivity index (χ3v) is 13.5. The number of esters is 2. The number of rotatable bonds is 9. The molecule has 0 amide bonds. The molecule has 0 aromatic heterocycles. The lowest BCUT2D eigenvalue weighted by molar-refractivity contribution is -0.252. The average Bonchev–Trinajstić information content (AvgIpc) is 3.25. The number of carboxylic acid groups (broad SMARTS) is 1. The van der Waals surface area contributed by atoms with Crippen LogP contribution in [0, 0.1) is 45.3 Å². The van der Waals surface area contributed by atoms with Crippen LogP contribution in [0.5, 0.6) is 0 Å². The van der Waals surface area contributed by atoms with Gasteiger partial charge in [0.05, 0.1) is 11.7 Å². The molecule has 4 saturated carbocycles. The van der Waals surface area contributed by atoms with Crippen molar-refractivity contribution in [1.29, 1.82) is 0 Å². The summed E-state index contributed by atoms with van der Waals surface area (Å²) >= 11 is 0. The van der Waals surface area contributed by atoms with Gasteiger partial charge in [0.2, 0.25) is 0 Å². The highest BCUT2D eigenvalue weighted by molar-refractivity contribution is 5.90. The molecular formula is C35H56O8. The first-order chi connectivity index (χ1) is 19.7. The zero-order valence-electron chi connectivity index (χ0n) is 27.7. The number of carboxylic acids is 1. The van der Waals surface area contributed by atoms with Gasteiger partial charge >= 0.3 is 17.9 Å². The van der Waals surface area contributed by atoms with Crippen molar-refractivity contribution in [2.75, 3.05) is 0 Å². The molecule has 0 spiro atoms. The van der Waals surface area contributed by atoms with Crippen molar-refractivity contribution in [3.05, 3.63) is 12.2 Å². The van der Waals surface area contributed by atoms with Crippen molar-refractivity contribution >= 4 is 17.9 Å². The first kappa shape index (κ1) is 34.0. The molecule has 4 rings (SSSR count). The van der Waals surface area contributed by atoms with E-state index in [4.69, 9.17) is 14.6 Å². The summed E-state index contributed by atoms with van der Waals surface area (Å²) in [5.74, 6) is -1.73. The maximum atomic E-state index is 12.6. The number of hydrogen-bond donors (Lipinski definition) is 3. The number of fused-ring (bicyclic) bond motifs is 5. The van der Waals surface area contributed by atoms with Gasteiger partial charge in [-0.3, -0.25) is 14.4 Å². The van der Waals surface area contributed by atoms with Gasteiger partial charge in [0.1, 0.15) is 18.6 Å². The highest BCUT2D eigenvalue weighted by atomic mass is 16.5. The van der Waals surface area contributed by atoms with E-state index in [0.717, 1.165) is 38.5 Å². The van der Waals surface area contributed by atoms with E-state index < -0.39 is 30.1 Å². The standard InChI is InChI=1S/C35H56O8/c1-20(2)23(37)11-17-35(9,41)22-10-15-34(8)30(22)24(42-21(3)36)18-26-32(6)14-13-27(43-29(40)19-28(38)39)31(4,5)25(32)12-16-33(26,34)7/h22-27,30,37,41H,1,10-19H2,2-9H3,(H,38,39)/t22-,23?,24?,25-,26+,27?,30-,32-,33+,34+,35-/m0/s1. The van der Waals surface area contributed by atoms with Gasteiger partial charge in [-0.15, -0.1) is 0 Å². The van der Waals surface area contributed by atoms with E-state index in [1.165, 1.54) is 6.92 Å². The summed E-state index contributed by atoms with van der Waals surface area (Å²) < 4.78 is 12.0. The Morgan fingerprint density at radius 2 is 1.58 bits per heavy atom. The third-order valence-electron chi connectivity index (χ3n) is 13.5. The fourth-order valence-corrected chi connectivity index (χ4v) is 11.1. The average molecular weight is 605 g/mol. The van der Waals surface area contributed by atoms with Gasteiger partial charge in [-0.05, 0) is 106 Å². The molecule has 8 heteroatoms. The van der Waals surface area contributed by atoms with Crippen LogP contribution in [0.1, 0.15) is 120 Å². The quantitative estimate of drug-likeness (QED) is 0.164. The van der Waals surface area contributed by atoms with Gasteiger partial charge in [0, 0.05) is 18.3 Å². The maximum Gasteiger partial charge on any atom is 0.317 e. The van der Waals surface area contributed by atoms with Crippen molar-refractivity contribution in [2.45, 2.75) is 144 Å². The Labute approximate surface area is 258 Å². The van der Waals surface area contributed by atoms with Crippen LogP contribution in [-0.4, -0.2) is 57.1 Å². The summed E-state index contributed by atoms with van der Waals surface area (Å²) in [5, 5.41) is 31.5. The number of aliphatic hydroxyl groups is 2. The van der Waals surface area contributed by atoms with Gasteiger partial charge in [0.15, 0.2) is 0 Å². The molecule has 0 saturated heterocycles. The summed E-state index contributed by atoms with van der Waals surface area (Å²) in [6.07, 6.45) is 4.89. The van der Waals surface area contributed by atoms with Crippen LogP contribution in [0.3, 0.4) is 0 Å². The summed E-state index contributed by atoms with van der Waals surface area (Å²) in [5.41, 5.74) is -0.988. The Morgan fingerprint density at radius 3 is 2.16 bits per heavy atom. The predicted octanol–water partition coefficient (Wildman–Crippen LogP) is 6.07. The lowest BCUT2D eigenvalue weighted by Crippen LogP contribution is -2.67. The molecular weight excluding hydrogens is 548 g/mol. The Balaban J connectivity index is 1.67. The summed E-state index contributed by atoms with van der Waals surface area (Å²) in [6.45, 7) is 20.5. The molecule has 244 valence electrons. The molecule has 0 aliphatic heterocycles. The van der Waals surface area contributed by atoms with E-state index in [0.29, 0.717) is 24.8 Å². The second-order valence-electron chi connectivity index (χ2n) is 16.2. The lowest BCUT2D eigenvalue weighted by atomic mass is 9.35. The SMILES string of the molecule is C=C(C)C(O)CC[C@](C)(O)[C@H]1CC[C@]2(C)[C@@H]1C(OC(C)=O)C[C@@H]1[C@@]3(C)CCC(OC(=O)CC(=O)O)C(C)(C)[C@@H]3CC[C@]12C. The second kappa shape index (κ2) is 11.5. The van der Waals surface area contributed by atoms with E-state index in [-0.39, 0.29) is 63.5 Å². The number of aliphatic hydroxyl groups excluding tert-OH is 1. The zero-order valence-corrected chi connectivity index (χ0v) is 27.7. The minimum absolute atomic E-state index is 0.00362. The molecule has 0 bridgehead atoms. The minimum Gasteiger partial charge on any atom is -0.481 e. The number of ether oxygens (including phenoxy) is 2. The highest BCUT2D eigenvalue weighted by Gasteiger charge is 2.72. The van der Waals surface area contributed by atoms with E-state index >= 15 is 0 Å². The van der Waals surface area contributed by atoms with Crippen LogP contribution >= 0.6 is 0 Å². The zero-order chi connectivity index (χ0) is 32.3. The molecule has 4 aliphatic rings. The van der Waals surface area contributed by atoms with Crippen molar-refractivity contribution in [3.8, 4) is 0 Å². The van der Waals surface area contributed by atoms with Gasteiger partial charge in [-0.25, -0.2) is 0 Å². The van der Waals surface area contributed by atoms with Crippen molar-refractivity contribution in [1.82, 2.24) is 0 Å². The van der Waals surface area contributed by atoms with Gasteiger partial charge in [0.25, 0.3) is 0 Å². The van der Waals surface area contributed by atoms with Gasteiger partial charge < -0.3 is 24.8 Å². The van der Waals surface area contributed by atoms with Crippen molar-refractivity contribution in [3.63, 3.8) is 0 Å². The Bertz CT molecular complexity index is 1130. The Morgan fingerprint density at radius 1 is 0.953 bits per heavy atom. The minimum atomic E-state index is -1.18. The molecule has 3 unspecified atom stereocenters. The van der Waals surface area contributed by atoms with Crippen LogP contribution in [0.15, 0.2) is 12.2 Å². The monoisotopic (exact) mass is 604 g/mol. The molecule has 43 heavy (non-hydrogen) atoms. The van der Waals surface area contributed by atoms with Crippen molar-refractivity contribution < 1.29 is 39.2 Å². The molecule has 0 radical (unpaired) electrons. The van der Waals surface area contributed by atoms with E-state index in [1.807, 2.05) is 6.92 Å². The molecule has 3 N–H and O–H groups in total. The van der Waals surface area contributed by atoms with E-state index in [2.05, 4.69) is 41.2 Å². The highest BCUT2D eigenvalue weighted by Crippen LogP contribution is 2.76. The fraction of sp³-hybridized carbons (Fsp3) is 0.857. The smallest absolute Gasteiger partial charge is 0.317 e. The normalized spacial score (nSPS) is 41.9. The molecule has 11 atom stereocenters. The van der Waals surface area contributed by atoms with Gasteiger partial charge in [-0.2, -0.15) is 0 Å². The van der Waals surface area contributed by atoms with Crippen LogP contribution in [-0.2, 0) is 23.9 Å². The Kier molecular flexibility index (Phi) is 9.05. The Hall–Kier alpha value is -1.93. The van der Waals surface area contributed by atoms with Crippen LogP contribution < -0.4 is 0 Å². The predicted molar refractivity (Wildman–Crippen MR) is 163 cm³/mol. The largest absolute Gasteiger partial charge is 0.481 e. The van der Waals surface area contributed by atoms with Crippen LogP contribution in [0.2, 0.25) is 0 Å². The number of carbonyl (C=O) groups excluding carboxylic acids is 2. The number of hydrogen-bond acceptors (Lipinski definition) is 7. The summed E-state index contributed by atoms with van der Waals surface area (Å²) in [4.78, 5) is 36.1. The molecule has 8 nitrogen and oxygen atoms in total. The lowest BCUT2D eigenvalue weighted by Gasteiger charge is -2.70.